The molecule has 1 aromatic heterocycles. The number of nitrogens with one attached hydrogen (secondary N) is 1. The van der Waals surface area contributed by atoms with Gasteiger partial charge in [-0.15, -0.1) is 0 Å². The minimum absolute atomic E-state index is 0.296. The molecule has 0 amide bonds. The van der Waals surface area contributed by atoms with Crippen LogP contribution < -0.4 is 5.32 Å². The molecule has 2 unspecified atom stereocenters. The summed E-state index contributed by atoms with van der Waals surface area (Å²) >= 11 is 0. The summed E-state index contributed by atoms with van der Waals surface area (Å²) in [6.07, 6.45) is 0.668. The van der Waals surface area contributed by atoms with E-state index >= 15 is 0 Å². The van der Waals surface area contributed by atoms with Crippen molar-refractivity contribution >= 4 is 43.8 Å². The van der Waals surface area contributed by atoms with Gasteiger partial charge in [-0.25, -0.2) is 0 Å². The van der Waals surface area contributed by atoms with Crippen LogP contribution >= 0.6 is 0 Å². The van der Waals surface area contributed by atoms with Crippen molar-refractivity contribution in [2.45, 2.75) is 25.4 Å². The molecule has 1 aliphatic carbocycles. The molecule has 13 rings (SSSR count). The number of para-hydroxylation sites is 1. The molecule has 0 fully saturated rings. The van der Waals surface area contributed by atoms with Crippen molar-refractivity contribution in [3.05, 3.63) is 252 Å². The van der Waals surface area contributed by atoms with Crippen LogP contribution in [0.3, 0.4) is 0 Å². The summed E-state index contributed by atoms with van der Waals surface area (Å²) in [5.41, 5.74) is 20.6. The highest BCUT2D eigenvalue weighted by Crippen LogP contribution is 2.49. The third kappa shape index (κ3) is 6.23. The van der Waals surface area contributed by atoms with Crippen molar-refractivity contribution in [2.24, 2.45) is 4.99 Å². The second-order valence-corrected chi connectivity index (χ2v) is 17.9. The molecular formula is C63H45N3. The van der Waals surface area contributed by atoms with Gasteiger partial charge in [0.25, 0.3) is 0 Å². The van der Waals surface area contributed by atoms with E-state index in [2.05, 4.69) is 241 Å². The predicted octanol–water partition coefficient (Wildman–Crippen LogP) is 16.2. The lowest BCUT2D eigenvalue weighted by atomic mass is 9.81. The Balaban J connectivity index is 0.933. The van der Waals surface area contributed by atoms with E-state index in [1.54, 1.807) is 0 Å². The van der Waals surface area contributed by atoms with Crippen LogP contribution in [-0.4, -0.2) is 10.3 Å². The first-order valence-electron chi connectivity index (χ1n) is 23.1. The molecule has 0 radical (unpaired) electrons. The second-order valence-electron chi connectivity index (χ2n) is 17.9. The molecule has 0 saturated carbocycles. The Kier molecular flexibility index (Phi) is 8.95. The topological polar surface area (TPSA) is 29.3 Å². The molecule has 2 aliphatic rings. The van der Waals surface area contributed by atoms with Crippen LogP contribution in [0.2, 0.25) is 0 Å². The molecule has 312 valence electrons. The van der Waals surface area contributed by atoms with Crippen molar-refractivity contribution < 1.29 is 0 Å². The van der Waals surface area contributed by atoms with E-state index in [0.29, 0.717) is 5.92 Å². The number of hydrogen-bond donors (Lipinski definition) is 1. The molecule has 0 bridgehead atoms. The molecule has 2 heterocycles. The van der Waals surface area contributed by atoms with Gasteiger partial charge in [0.1, 0.15) is 6.17 Å². The van der Waals surface area contributed by atoms with Gasteiger partial charge in [0.05, 0.1) is 16.9 Å². The summed E-state index contributed by atoms with van der Waals surface area (Å²) in [6, 6.07) is 82.0. The fourth-order valence-corrected chi connectivity index (χ4v) is 10.9. The lowest BCUT2D eigenvalue weighted by Crippen LogP contribution is -2.21. The van der Waals surface area contributed by atoms with Gasteiger partial charge in [-0.05, 0) is 109 Å². The van der Waals surface area contributed by atoms with Crippen LogP contribution in [0.5, 0.6) is 0 Å². The SMILES string of the molecule is CC1Cc2c(c3c4ccccc4ccc3n2-c2ccc(C3N=C(c4ccc(-c5cc(-c6ccccc6)cc(-c6ccccc6)c5)cc4)c4ccccc4N3)c3ccccc23)-c2ccccc21. The zero-order chi connectivity index (χ0) is 43.7. The maximum atomic E-state index is 5.60. The molecule has 0 spiro atoms. The second kappa shape index (κ2) is 15.5. The molecular weight excluding hydrogens is 799 g/mol. The van der Waals surface area contributed by atoms with E-state index in [1.165, 1.54) is 93.9 Å². The largest absolute Gasteiger partial charge is 0.359 e. The van der Waals surface area contributed by atoms with E-state index in [4.69, 9.17) is 4.99 Å². The summed E-state index contributed by atoms with van der Waals surface area (Å²) < 4.78 is 2.58. The summed E-state index contributed by atoms with van der Waals surface area (Å²) in [5, 5.41) is 10.2. The van der Waals surface area contributed by atoms with E-state index in [0.717, 1.165) is 34.5 Å². The third-order valence-corrected chi connectivity index (χ3v) is 14.1. The number of aliphatic imine (C=N–C) groups is 1. The predicted molar refractivity (Wildman–Crippen MR) is 277 cm³/mol. The van der Waals surface area contributed by atoms with E-state index in [-0.39, 0.29) is 6.17 Å². The fourth-order valence-electron chi connectivity index (χ4n) is 10.9. The monoisotopic (exact) mass is 843 g/mol. The molecule has 11 aromatic rings. The Morgan fingerprint density at radius 3 is 1.76 bits per heavy atom. The van der Waals surface area contributed by atoms with Crippen molar-refractivity contribution in [1.29, 1.82) is 0 Å². The van der Waals surface area contributed by atoms with Crippen LogP contribution in [0.15, 0.2) is 229 Å². The van der Waals surface area contributed by atoms with Gasteiger partial charge >= 0.3 is 0 Å². The van der Waals surface area contributed by atoms with Crippen molar-refractivity contribution in [1.82, 2.24) is 4.57 Å². The van der Waals surface area contributed by atoms with Gasteiger partial charge in [0.2, 0.25) is 0 Å². The van der Waals surface area contributed by atoms with Gasteiger partial charge < -0.3 is 9.88 Å². The van der Waals surface area contributed by atoms with Crippen molar-refractivity contribution in [3.8, 4) is 50.2 Å². The maximum absolute atomic E-state index is 5.60. The average Bonchev–Trinajstić information content (AvgIpc) is 3.72. The zero-order valence-corrected chi connectivity index (χ0v) is 36.6. The number of hydrogen-bond acceptors (Lipinski definition) is 2. The molecule has 2 atom stereocenters. The highest BCUT2D eigenvalue weighted by atomic mass is 15.1. The van der Waals surface area contributed by atoms with Crippen LogP contribution in [0.4, 0.5) is 5.69 Å². The Morgan fingerprint density at radius 1 is 0.455 bits per heavy atom. The van der Waals surface area contributed by atoms with Crippen LogP contribution in [0.25, 0.3) is 82.6 Å². The summed E-state index contributed by atoms with van der Waals surface area (Å²) in [4.78, 5) is 5.60. The smallest absolute Gasteiger partial charge is 0.146 e. The highest BCUT2D eigenvalue weighted by Gasteiger charge is 2.31. The number of fused-ring (bicyclic) bond motifs is 9. The Hall–Kier alpha value is -8.27. The van der Waals surface area contributed by atoms with Gasteiger partial charge in [-0.3, -0.25) is 4.99 Å². The Morgan fingerprint density at radius 2 is 1.03 bits per heavy atom. The zero-order valence-electron chi connectivity index (χ0n) is 36.6. The Labute approximate surface area is 385 Å². The first-order valence-corrected chi connectivity index (χ1v) is 23.1. The summed E-state index contributed by atoms with van der Waals surface area (Å²) in [7, 11) is 0. The number of nitrogens with zero attached hydrogens (tertiary/aromatic N) is 2. The van der Waals surface area contributed by atoms with Gasteiger partial charge in [0.15, 0.2) is 0 Å². The number of anilines is 1. The fraction of sp³-hybridized carbons (Fsp3) is 0.0635. The minimum Gasteiger partial charge on any atom is -0.359 e. The van der Waals surface area contributed by atoms with Crippen molar-refractivity contribution in [3.63, 3.8) is 0 Å². The molecule has 66 heavy (non-hydrogen) atoms. The van der Waals surface area contributed by atoms with Crippen LogP contribution in [-0.2, 0) is 6.42 Å². The average molecular weight is 844 g/mol. The number of rotatable bonds is 6. The molecule has 3 heteroatoms. The van der Waals surface area contributed by atoms with Crippen molar-refractivity contribution in [2.75, 3.05) is 5.32 Å². The minimum atomic E-state index is -0.296. The summed E-state index contributed by atoms with van der Waals surface area (Å²) in [5.74, 6) is 0.396. The Bertz CT molecular complexity index is 3650. The normalized spacial score (nSPS) is 15.2. The van der Waals surface area contributed by atoms with Gasteiger partial charge in [-0.2, -0.15) is 0 Å². The molecule has 10 aromatic carbocycles. The molecule has 3 nitrogen and oxygen atoms in total. The van der Waals surface area contributed by atoms with Crippen LogP contribution in [0, 0.1) is 0 Å². The maximum Gasteiger partial charge on any atom is 0.146 e. The molecule has 1 aliphatic heterocycles. The quantitative estimate of drug-likeness (QED) is 0.178. The molecule has 1 N–H and O–H groups in total. The number of benzene rings is 10. The number of aromatic nitrogens is 1. The lowest BCUT2D eigenvalue weighted by Gasteiger charge is -2.28. The lowest BCUT2D eigenvalue weighted by molar-refractivity contribution is 0.720. The van der Waals surface area contributed by atoms with Crippen LogP contribution in [0.1, 0.15) is 47.0 Å². The van der Waals surface area contributed by atoms with Gasteiger partial charge in [-0.1, -0.05) is 195 Å². The van der Waals surface area contributed by atoms with E-state index < -0.39 is 0 Å². The highest BCUT2D eigenvalue weighted by molar-refractivity contribution is 6.18. The van der Waals surface area contributed by atoms with E-state index in [1.807, 2.05) is 0 Å². The molecule has 0 saturated heterocycles. The van der Waals surface area contributed by atoms with Gasteiger partial charge in [0, 0.05) is 44.4 Å². The first-order chi connectivity index (χ1) is 32.6. The standard InChI is InChI=1S/C63H45N3/c1-40-36-59-61(53-25-13-10-21-49(40)53)60-50-22-9-8-20-44(50)32-34-58(60)66(59)57-35-33-54(51-23-11-12-24-52(51)57)63-64-56-27-15-14-26-55(56)62(65-63)45-30-28-43(29-31-45)48-38-46(41-16-4-2-5-17-41)37-47(39-48)42-18-6-3-7-19-42/h2-35,37-40,63-64H,36H2,1H3. The van der Waals surface area contributed by atoms with E-state index in [9.17, 15) is 0 Å². The third-order valence-electron chi connectivity index (χ3n) is 14.1. The first kappa shape index (κ1) is 38.2. The summed E-state index contributed by atoms with van der Waals surface area (Å²) in [6.45, 7) is 2.38.